The highest BCUT2D eigenvalue weighted by Gasteiger charge is 2.18. The van der Waals surface area contributed by atoms with Crippen molar-refractivity contribution in [1.29, 1.82) is 0 Å². The highest BCUT2D eigenvalue weighted by molar-refractivity contribution is 7.85. The van der Waals surface area contributed by atoms with Gasteiger partial charge in [-0.25, -0.2) is 0 Å². The molecule has 1 atom stereocenters. The molecule has 0 aromatic rings. The van der Waals surface area contributed by atoms with Gasteiger partial charge >= 0.3 is 0 Å². The molecule has 0 fully saturated rings. The summed E-state index contributed by atoms with van der Waals surface area (Å²) in [4.78, 5) is 0. The summed E-state index contributed by atoms with van der Waals surface area (Å²) in [6.45, 7) is 10.3. The third-order valence-electron chi connectivity index (χ3n) is 5.50. The Morgan fingerprint density at radius 1 is 1.00 bits per heavy atom. The van der Waals surface area contributed by atoms with Gasteiger partial charge in [0.2, 0.25) is 0 Å². The molecule has 1 N–H and O–H groups in total. The maximum absolute atomic E-state index is 10.8. The van der Waals surface area contributed by atoms with E-state index in [1.54, 1.807) is 0 Å². The van der Waals surface area contributed by atoms with Crippen LogP contribution in [-0.2, 0) is 10.1 Å². The lowest BCUT2D eigenvalue weighted by Crippen LogP contribution is -2.42. The van der Waals surface area contributed by atoms with Gasteiger partial charge in [0.15, 0.2) is 0 Å². The highest BCUT2D eigenvalue weighted by atomic mass is 32.2. The molecule has 0 amide bonds. The second-order valence-corrected chi connectivity index (χ2v) is 10.6. The van der Waals surface area contributed by atoms with Gasteiger partial charge in [-0.3, -0.25) is 4.55 Å². The van der Waals surface area contributed by atoms with E-state index >= 15 is 0 Å². The van der Waals surface area contributed by atoms with Crippen LogP contribution in [0.2, 0.25) is 0 Å². The van der Waals surface area contributed by atoms with Gasteiger partial charge in [-0.1, -0.05) is 88.8 Å². The van der Waals surface area contributed by atoms with E-state index in [-0.39, 0.29) is 5.75 Å². The minimum Gasteiger partial charge on any atom is -0.328 e. The quantitative estimate of drug-likeness (QED) is 0.123. The van der Waals surface area contributed by atoms with Crippen LogP contribution in [0.4, 0.5) is 0 Å². The average molecular weight is 429 g/mol. The zero-order valence-corrected chi connectivity index (χ0v) is 20.2. The van der Waals surface area contributed by atoms with Gasteiger partial charge < -0.3 is 4.48 Å². The molecule has 0 aliphatic rings. The summed E-state index contributed by atoms with van der Waals surface area (Å²) in [7, 11) is 0.342. The Kier molecular flexibility index (Phi) is 15.4. The molecule has 29 heavy (non-hydrogen) atoms. The molecule has 0 spiro atoms. The predicted octanol–water partition coefficient (Wildman–Crippen LogP) is 6.18. The molecule has 5 heteroatoms. The van der Waals surface area contributed by atoms with E-state index < -0.39 is 10.1 Å². The van der Waals surface area contributed by atoms with Crippen LogP contribution in [0.3, 0.4) is 0 Å². The van der Waals surface area contributed by atoms with Crippen molar-refractivity contribution >= 4 is 10.1 Å². The fraction of sp³-hybridized carbons (Fsp3) is 0.750. The first-order chi connectivity index (χ1) is 13.6. The number of quaternary nitrogens is 1. The van der Waals surface area contributed by atoms with E-state index in [1.807, 2.05) is 0 Å². The van der Waals surface area contributed by atoms with Crippen LogP contribution in [0.5, 0.6) is 0 Å². The van der Waals surface area contributed by atoms with Crippen LogP contribution in [-0.4, -0.2) is 50.4 Å². The number of rotatable bonds is 18. The summed E-state index contributed by atoms with van der Waals surface area (Å²) >= 11 is 0. The first-order valence-corrected chi connectivity index (χ1v) is 13.0. The van der Waals surface area contributed by atoms with Crippen molar-refractivity contribution in [2.24, 2.45) is 5.92 Å². The van der Waals surface area contributed by atoms with Crippen LogP contribution in [0.15, 0.2) is 36.5 Å². The maximum Gasteiger partial charge on any atom is 0.265 e. The number of allylic oxidation sites excluding steroid dienone is 5. The monoisotopic (exact) mass is 428 g/mol. The molecular formula is C24H46NO3S+. The molecule has 0 rings (SSSR count). The lowest BCUT2D eigenvalue weighted by atomic mass is 9.98. The van der Waals surface area contributed by atoms with Gasteiger partial charge in [0.25, 0.3) is 10.1 Å². The standard InChI is InChI=1S/C24H45NO3S/c1-6-7-8-9-10-11-12-13-14-15-16-18-23(2)24(3)19-21-25(4,5)20-17-22-29(26,27)28/h14-16,18,24H,2,6-13,17,19-22H2,1,3-5H3/p+1. The maximum atomic E-state index is 10.8. The molecule has 0 saturated heterocycles. The van der Waals surface area contributed by atoms with Gasteiger partial charge in [0.1, 0.15) is 0 Å². The zero-order valence-electron chi connectivity index (χ0n) is 19.4. The molecule has 0 aliphatic heterocycles. The van der Waals surface area contributed by atoms with Crippen molar-refractivity contribution in [3.8, 4) is 0 Å². The second kappa shape index (κ2) is 15.9. The van der Waals surface area contributed by atoms with E-state index in [1.165, 1.54) is 44.9 Å². The van der Waals surface area contributed by atoms with Crippen LogP contribution in [0, 0.1) is 5.92 Å². The first-order valence-electron chi connectivity index (χ1n) is 11.4. The molecule has 0 saturated carbocycles. The van der Waals surface area contributed by atoms with E-state index in [9.17, 15) is 8.42 Å². The van der Waals surface area contributed by atoms with E-state index in [0.29, 0.717) is 12.3 Å². The lowest BCUT2D eigenvalue weighted by Gasteiger charge is -2.31. The Hall–Kier alpha value is -0.910. The SMILES string of the molecule is C=C(C=CC=CCCCCCCCCC)C(C)CC[N+](C)(C)CCCS(=O)(=O)O. The van der Waals surface area contributed by atoms with Crippen molar-refractivity contribution in [1.82, 2.24) is 0 Å². The number of hydrogen-bond acceptors (Lipinski definition) is 2. The van der Waals surface area contributed by atoms with Crippen LogP contribution >= 0.6 is 0 Å². The Balaban J connectivity index is 3.96. The summed E-state index contributed by atoms with van der Waals surface area (Å²) in [6.07, 6.45) is 20.6. The van der Waals surface area contributed by atoms with Crippen molar-refractivity contribution in [2.45, 2.75) is 78.1 Å². The fourth-order valence-corrected chi connectivity index (χ4v) is 3.75. The van der Waals surface area contributed by atoms with Gasteiger partial charge in [0.05, 0.1) is 32.9 Å². The third-order valence-corrected chi connectivity index (χ3v) is 6.30. The molecule has 0 aromatic heterocycles. The van der Waals surface area contributed by atoms with Crippen molar-refractivity contribution < 1.29 is 17.5 Å². The van der Waals surface area contributed by atoms with Crippen molar-refractivity contribution in [2.75, 3.05) is 32.9 Å². The second-order valence-electron chi connectivity index (χ2n) is 8.98. The molecule has 1 unspecified atom stereocenters. The van der Waals surface area contributed by atoms with Gasteiger partial charge in [0, 0.05) is 12.8 Å². The molecule has 170 valence electrons. The molecule has 0 aliphatic carbocycles. The zero-order chi connectivity index (χ0) is 22.2. The van der Waals surface area contributed by atoms with E-state index in [4.69, 9.17) is 4.55 Å². The topological polar surface area (TPSA) is 54.4 Å². The number of unbranched alkanes of at least 4 members (excludes halogenated alkanes) is 7. The molecule has 4 nitrogen and oxygen atoms in total. The Morgan fingerprint density at radius 3 is 2.24 bits per heavy atom. The largest absolute Gasteiger partial charge is 0.328 e. The average Bonchev–Trinajstić information content (AvgIpc) is 2.62. The highest BCUT2D eigenvalue weighted by Crippen LogP contribution is 2.17. The van der Waals surface area contributed by atoms with Crippen LogP contribution in [0.25, 0.3) is 0 Å². The summed E-state index contributed by atoms with van der Waals surface area (Å²) in [5.74, 6) is 0.229. The lowest BCUT2D eigenvalue weighted by molar-refractivity contribution is -0.890. The molecule has 0 bridgehead atoms. The molecule has 0 aromatic carbocycles. The van der Waals surface area contributed by atoms with Crippen LogP contribution in [0.1, 0.15) is 78.1 Å². The Morgan fingerprint density at radius 2 is 1.62 bits per heavy atom. The molecular weight excluding hydrogens is 382 g/mol. The van der Waals surface area contributed by atoms with Crippen molar-refractivity contribution in [3.05, 3.63) is 36.5 Å². The summed E-state index contributed by atoms with van der Waals surface area (Å²) < 4.78 is 31.3. The molecule has 0 radical (unpaired) electrons. The number of nitrogens with zero attached hydrogens (tertiary/aromatic N) is 1. The third kappa shape index (κ3) is 18.8. The normalized spacial score (nSPS) is 14.1. The summed E-state index contributed by atoms with van der Waals surface area (Å²) in [5.41, 5.74) is 1.13. The summed E-state index contributed by atoms with van der Waals surface area (Å²) in [6, 6.07) is 0. The molecule has 0 heterocycles. The van der Waals surface area contributed by atoms with Crippen molar-refractivity contribution in [3.63, 3.8) is 0 Å². The Labute approximate surface area is 181 Å². The predicted molar refractivity (Wildman–Crippen MR) is 127 cm³/mol. The Bertz CT molecular complexity index is 591. The van der Waals surface area contributed by atoms with Gasteiger partial charge in [-0.05, 0) is 18.8 Å². The first kappa shape index (κ1) is 28.1. The van der Waals surface area contributed by atoms with Gasteiger partial charge in [-0.15, -0.1) is 0 Å². The van der Waals surface area contributed by atoms with Gasteiger partial charge in [-0.2, -0.15) is 8.42 Å². The van der Waals surface area contributed by atoms with Crippen LogP contribution < -0.4 is 0 Å². The number of hydrogen-bond donors (Lipinski definition) is 1. The smallest absolute Gasteiger partial charge is 0.265 e. The fourth-order valence-electron chi connectivity index (χ4n) is 3.25. The minimum atomic E-state index is -3.86. The van der Waals surface area contributed by atoms with E-state index in [2.05, 4.69) is 58.8 Å². The summed E-state index contributed by atoms with van der Waals surface area (Å²) in [5, 5.41) is 0. The van der Waals surface area contributed by atoms with E-state index in [0.717, 1.165) is 36.0 Å². The minimum absolute atomic E-state index is 0.162.